The third-order valence-electron chi connectivity index (χ3n) is 3.28. The van der Waals surface area contributed by atoms with E-state index in [9.17, 15) is 36.5 Å². The molecule has 0 amide bonds. The van der Waals surface area contributed by atoms with Gasteiger partial charge in [-0.15, -0.1) is 0 Å². The number of benzene rings is 2. The van der Waals surface area contributed by atoms with Gasteiger partial charge in [-0.25, -0.2) is 0 Å². The summed E-state index contributed by atoms with van der Waals surface area (Å²) in [5.41, 5.74) is 2.57. The Labute approximate surface area is 142 Å². The zero-order chi connectivity index (χ0) is 19.7. The van der Waals surface area contributed by atoms with E-state index in [4.69, 9.17) is 10.5 Å². The summed E-state index contributed by atoms with van der Waals surface area (Å²) < 4.78 is 82.0. The predicted octanol–water partition coefficient (Wildman–Crippen LogP) is 4.97. The summed E-state index contributed by atoms with van der Waals surface area (Å²) in [6.45, 7) is 0. The van der Waals surface area contributed by atoms with Crippen LogP contribution in [0.4, 0.5) is 32.0 Å². The van der Waals surface area contributed by atoms with E-state index in [0.717, 1.165) is 30.3 Å². The van der Waals surface area contributed by atoms with Crippen molar-refractivity contribution in [1.29, 1.82) is 0 Å². The fraction of sp³-hybridized carbons (Fsp3) is 0.200. The van der Waals surface area contributed by atoms with Crippen molar-refractivity contribution in [1.82, 2.24) is 0 Å². The molecule has 0 spiro atoms. The first-order chi connectivity index (χ1) is 11.9. The molecule has 0 aliphatic carbocycles. The number of hydrogen-bond acceptors (Lipinski definition) is 4. The monoisotopic (exact) mass is 380 g/mol. The molecule has 1 atom stereocenters. The lowest BCUT2D eigenvalue weighted by molar-refractivity contribution is -0.385. The first-order valence-corrected chi connectivity index (χ1v) is 6.85. The van der Waals surface area contributed by atoms with Crippen molar-refractivity contribution in [3.05, 3.63) is 63.7 Å². The fourth-order valence-electron chi connectivity index (χ4n) is 2.02. The smallest absolute Gasteiger partial charge is 0.416 e. The molecule has 2 rings (SSSR count). The molecule has 0 radical (unpaired) electrons. The quantitative estimate of drug-likeness (QED) is 0.462. The Morgan fingerprint density at radius 1 is 1.04 bits per heavy atom. The van der Waals surface area contributed by atoms with Crippen LogP contribution in [0.2, 0.25) is 0 Å². The van der Waals surface area contributed by atoms with Gasteiger partial charge in [0, 0.05) is 17.7 Å². The Bertz CT molecular complexity index is 820. The van der Waals surface area contributed by atoms with Crippen LogP contribution in [-0.2, 0) is 6.18 Å². The van der Waals surface area contributed by atoms with Gasteiger partial charge in [-0.3, -0.25) is 10.1 Å². The highest BCUT2D eigenvalue weighted by atomic mass is 19.4. The van der Waals surface area contributed by atoms with Gasteiger partial charge in [0.05, 0.1) is 10.5 Å². The SMILES string of the molecule is N[C@H](c1cc([N+](=O)[O-])ccc1Oc1cccc(C(F)(F)F)c1)C(F)(F)F. The number of nitro groups is 1. The third kappa shape index (κ3) is 4.42. The standard InChI is InChI=1S/C15H10F6N2O3/c16-14(17,18)8-2-1-3-10(6-8)26-12-5-4-9(23(24)25)7-11(12)13(22)15(19,20)21/h1-7,13H,22H2/t13-/m1/s1. The van der Waals surface area contributed by atoms with E-state index in [1.54, 1.807) is 0 Å². The summed E-state index contributed by atoms with van der Waals surface area (Å²) in [5, 5.41) is 10.8. The highest BCUT2D eigenvalue weighted by Gasteiger charge is 2.40. The van der Waals surface area contributed by atoms with Crippen LogP contribution in [0.15, 0.2) is 42.5 Å². The molecule has 0 saturated carbocycles. The maximum absolute atomic E-state index is 12.9. The molecule has 0 aromatic heterocycles. The molecule has 0 fully saturated rings. The van der Waals surface area contributed by atoms with E-state index in [1.807, 2.05) is 0 Å². The molecule has 0 saturated heterocycles. The van der Waals surface area contributed by atoms with Gasteiger partial charge in [0.2, 0.25) is 0 Å². The van der Waals surface area contributed by atoms with Crippen molar-refractivity contribution >= 4 is 5.69 Å². The van der Waals surface area contributed by atoms with Crippen molar-refractivity contribution in [2.45, 2.75) is 18.4 Å². The van der Waals surface area contributed by atoms with Gasteiger partial charge in [-0.1, -0.05) is 6.07 Å². The second kappa shape index (κ2) is 6.83. The molecule has 0 bridgehead atoms. The lowest BCUT2D eigenvalue weighted by Crippen LogP contribution is -2.28. The zero-order valence-corrected chi connectivity index (χ0v) is 12.6. The lowest BCUT2D eigenvalue weighted by Gasteiger charge is -2.19. The fourth-order valence-corrected chi connectivity index (χ4v) is 2.02. The molecular formula is C15H10F6N2O3. The van der Waals surface area contributed by atoms with Crippen LogP contribution >= 0.6 is 0 Å². The van der Waals surface area contributed by atoms with Gasteiger partial charge < -0.3 is 10.5 Å². The largest absolute Gasteiger partial charge is 0.457 e. The summed E-state index contributed by atoms with van der Waals surface area (Å²) in [7, 11) is 0. The Hall–Kier alpha value is -2.82. The third-order valence-corrected chi connectivity index (χ3v) is 3.28. The number of nitro benzene ring substituents is 1. The Morgan fingerprint density at radius 2 is 1.69 bits per heavy atom. The van der Waals surface area contributed by atoms with Gasteiger partial charge in [0.15, 0.2) is 0 Å². The minimum absolute atomic E-state index is 0.399. The Kier molecular flexibility index (Phi) is 5.12. The van der Waals surface area contributed by atoms with Crippen LogP contribution in [0.25, 0.3) is 0 Å². The highest BCUT2D eigenvalue weighted by molar-refractivity contribution is 5.48. The zero-order valence-electron chi connectivity index (χ0n) is 12.6. The van der Waals surface area contributed by atoms with Crippen molar-refractivity contribution < 1.29 is 36.0 Å². The number of halogens is 6. The molecule has 0 aliphatic rings. The Morgan fingerprint density at radius 3 is 2.23 bits per heavy atom. The first-order valence-electron chi connectivity index (χ1n) is 6.85. The minimum Gasteiger partial charge on any atom is -0.457 e. The van der Waals surface area contributed by atoms with Crippen LogP contribution in [0.5, 0.6) is 11.5 Å². The molecule has 5 nitrogen and oxygen atoms in total. The molecule has 140 valence electrons. The normalized spacial score (nSPS) is 13.3. The minimum atomic E-state index is -4.94. The van der Waals surface area contributed by atoms with E-state index in [1.165, 1.54) is 0 Å². The average molecular weight is 380 g/mol. The maximum Gasteiger partial charge on any atom is 0.416 e. The highest BCUT2D eigenvalue weighted by Crippen LogP contribution is 2.39. The van der Waals surface area contributed by atoms with E-state index in [-0.39, 0.29) is 0 Å². The summed E-state index contributed by atoms with van der Waals surface area (Å²) in [6, 6.07) is 3.10. The maximum atomic E-state index is 12.9. The number of rotatable bonds is 4. The first kappa shape index (κ1) is 19.5. The predicted molar refractivity (Wildman–Crippen MR) is 77.6 cm³/mol. The lowest BCUT2D eigenvalue weighted by atomic mass is 10.0. The van der Waals surface area contributed by atoms with Crippen LogP contribution < -0.4 is 10.5 Å². The second-order valence-corrected chi connectivity index (χ2v) is 5.13. The molecule has 2 N–H and O–H groups in total. The second-order valence-electron chi connectivity index (χ2n) is 5.13. The van der Waals surface area contributed by atoms with Gasteiger partial charge in [0.1, 0.15) is 17.5 Å². The molecular weight excluding hydrogens is 370 g/mol. The van der Waals surface area contributed by atoms with Gasteiger partial charge in [-0.05, 0) is 24.3 Å². The molecule has 11 heteroatoms. The molecule has 0 heterocycles. The summed E-state index contributed by atoms with van der Waals surface area (Å²) in [5.74, 6) is -0.941. The number of ether oxygens (including phenoxy) is 1. The number of alkyl halides is 6. The van der Waals surface area contributed by atoms with Crippen LogP contribution in [-0.4, -0.2) is 11.1 Å². The summed E-state index contributed by atoms with van der Waals surface area (Å²) in [6.07, 6.45) is -9.62. The van der Waals surface area contributed by atoms with Crippen molar-refractivity contribution in [2.24, 2.45) is 5.73 Å². The van der Waals surface area contributed by atoms with Gasteiger partial charge in [0.25, 0.3) is 5.69 Å². The summed E-state index contributed by atoms with van der Waals surface area (Å²) in [4.78, 5) is 9.84. The van der Waals surface area contributed by atoms with Gasteiger partial charge >= 0.3 is 12.4 Å². The van der Waals surface area contributed by atoms with Crippen LogP contribution in [0, 0.1) is 10.1 Å². The number of hydrogen-bond donors (Lipinski definition) is 1. The van der Waals surface area contributed by atoms with Gasteiger partial charge in [-0.2, -0.15) is 26.3 Å². The van der Waals surface area contributed by atoms with E-state index in [0.29, 0.717) is 12.1 Å². The van der Waals surface area contributed by atoms with Crippen molar-refractivity contribution in [3.8, 4) is 11.5 Å². The van der Waals surface area contributed by atoms with Crippen molar-refractivity contribution in [3.63, 3.8) is 0 Å². The number of nitrogens with two attached hydrogens (primary N) is 1. The van der Waals surface area contributed by atoms with E-state index >= 15 is 0 Å². The van der Waals surface area contributed by atoms with Crippen LogP contribution in [0.3, 0.4) is 0 Å². The van der Waals surface area contributed by atoms with Crippen molar-refractivity contribution in [2.75, 3.05) is 0 Å². The summed E-state index contributed by atoms with van der Waals surface area (Å²) >= 11 is 0. The van der Waals surface area contributed by atoms with E-state index in [2.05, 4.69) is 0 Å². The number of nitrogens with zero attached hydrogens (tertiary/aromatic N) is 1. The number of non-ortho nitro benzene ring substituents is 1. The van der Waals surface area contributed by atoms with E-state index < -0.39 is 51.6 Å². The topological polar surface area (TPSA) is 78.4 Å². The molecule has 0 unspecified atom stereocenters. The molecule has 26 heavy (non-hydrogen) atoms. The van der Waals surface area contributed by atoms with Crippen LogP contribution in [0.1, 0.15) is 17.2 Å². The molecule has 2 aromatic carbocycles. The molecule has 2 aromatic rings. The molecule has 0 aliphatic heterocycles. The average Bonchev–Trinajstić information content (AvgIpc) is 2.53. The Balaban J connectivity index is 2.48.